The number of hydrogen-bond donors (Lipinski definition) is 1. The first kappa shape index (κ1) is 20.0. The lowest BCUT2D eigenvalue weighted by Crippen LogP contribution is -2.49. The molecule has 5 rings (SSSR count). The molecule has 3 nitrogen and oxygen atoms in total. The molecule has 2 aliphatic carbocycles. The molecule has 156 valence electrons. The highest BCUT2D eigenvalue weighted by Gasteiger charge is 2.48. The minimum atomic E-state index is -1.95. The first-order valence-electron chi connectivity index (χ1n) is 11.3. The maximum Gasteiger partial charge on any atom is 0.164 e. The van der Waals surface area contributed by atoms with Crippen molar-refractivity contribution in [3.05, 3.63) is 95.3 Å². The number of nitrogens with zero attached hydrogens (tertiary/aromatic N) is 1. The van der Waals surface area contributed by atoms with E-state index in [1.807, 2.05) is 0 Å². The Kier molecular flexibility index (Phi) is 6.04. The quantitative estimate of drug-likeness (QED) is 0.472. The number of nitrogens with one attached hydrogen (secondary N) is 1. The molecule has 4 heteroatoms. The van der Waals surface area contributed by atoms with Crippen LogP contribution < -0.4 is 5.32 Å². The predicted octanol–water partition coefficient (Wildman–Crippen LogP) is 6.08. The third kappa shape index (κ3) is 3.87. The van der Waals surface area contributed by atoms with Crippen LogP contribution in [0.5, 0.6) is 0 Å². The lowest BCUT2D eigenvalue weighted by Gasteiger charge is -2.41. The van der Waals surface area contributed by atoms with E-state index in [1.54, 1.807) is 0 Å². The number of allylic oxidation sites excluding steroid dienone is 2. The van der Waals surface area contributed by atoms with Crippen LogP contribution >= 0.6 is 7.95 Å². The summed E-state index contributed by atoms with van der Waals surface area (Å²) in [6.07, 6.45) is 12.5. The van der Waals surface area contributed by atoms with E-state index in [0.717, 1.165) is 25.8 Å². The Hall–Kier alpha value is -1.93. The average molecular weight is 419 g/mol. The van der Waals surface area contributed by atoms with Crippen molar-refractivity contribution in [1.29, 1.82) is 0 Å². The highest BCUT2D eigenvalue weighted by atomic mass is 31.1. The molecule has 0 amide bonds. The largest absolute Gasteiger partial charge is 0.308 e. The van der Waals surface area contributed by atoms with Crippen LogP contribution in [0.4, 0.5) is 0 Å². The Bertz CT molecular complexity index is 940. The fourth-order valence-electron chi connectivity index (χ4n) is 5.52. The zero-order chi connectivity index (χ0) is 20.3. The van der Waals surface area contributed by atoms with E-state index in [-0.39, 0.29) is 12.0 Å². The van der Waals surface area contributed by atoms with Gasteiger partial charge < -0.3 is 9.88 Å². The van der Waals surface area contributed by atoms with Crippen LogP contribution in [-0.2, 0) is 11.1 Å². The minimum absolute atomic E-state index is 0.185. The first-order valence-corrected chi connectivity index (χ1v) is 12.7. The van der Waals surface area contributed by atoms with Gasteiger partial charge in [0.05, 0.1) is 6.04 Å². The van der Waals surface area contributed by atoms with Crippen molar-refractivity contribution < 1.29 is 4.57 Å². The molecule has 1 heterocycles. The van der Waals surface area contributed by atoms with E-state index in [9.17, 15) is 4.57 Å². The highest BCUT2D eigenvalue weighted by Crippen LogP contribution is 2.61. The summed E-state index contributed by atoms with van der Waals surface area (Å²) in [5.74, 6) is 0.254. The van der Waals surface area contributed by atoms with Gasteiger partial charge in [-0.1, -0.05) is 91.7 Å². The summed E-state index contributed by atoms with van der Waals surface area (Å²) in [4.78, 5) is 0. The summed E-state index contributed by atoms with van der Waals surface area (Å²) in [6, 6.07) is 22.2. The molecule has 0 aromatic heterocycles. The van der Waals surface area contributed by atoms with Gasteiger partial charge in [0.2, 0.25) is 0 Å². The molecular formula is C26H31N2OP. The third-order valence-electron chi connectivity index (χ3n) is 6.94. The van der Waals surface area contributed by atoms with E-state index >= 15 is 0 Å². The molecule has 1 N–H and O–H groups in total. The zero-order valence-corrected chi connectivity index (χ0v) is 18.4. The molecule has 1 unspecified atom stereocenters. The Morgan fingerprint density at radius 2 is 1.70 bits per heavy atom. The standard InChI is InChI=1S/C26H31N2OP/c29-30-25-18-10-7-15-22(25)26(21-13-5-2-6-14-21)28(30)24-17-9-8-16-23(24)27-19-20-11-3-1-4-12-20/h1-7,11-15,18,22-24,26-27,30H,8-10,16-17,19H2/t22-,23-,24-,26+/m0/s1. The van der Waals surface area contributed by atoms with Crippen molar-refractivity contribution in [3.8, 4) is 0 Å². The maximum absolute atomic E-state index is 13.8. The van der Waals surface area contributed by atoms with Crippen LogP contribution in [0.15, 0.2) is 84.2 Å². The van der Waals surface area contributed by atoms with Gasteiger partial charge >= 0.3 is 0 Å². The van der Waals surface area contributed by atoms with E-state index in [0.29, 0.717) is 12.1 Å². The summed E-state index contributed by atoms with van der Waals surface area (Å²) in [5.41, 5.74) is 2.61. The van der Waals surface area contributed by atoms with Gasteiger partial charge in [0.1, 0.15) is 0 Å². The second-order valence-corrected chi connectivity index (χ2v) is 10.4. The van der Waals surface area contributed by atoms with Crippen molar-refractivity contribution in [3.63, 3.8) is 0 Å². The Labute approximate surface area is 180 Å². The van der Waals surface area contributed by atoms with Gasteiger partial charge in [-0.15, -0.1) is 0 Å². The number of fused-ring (bicyclic) bond motifs is 1. The monoisotopic (exact) mass is 418 g/mol. The Morgan fingerprint density at radius 3 is 2.50 bits per heavy atom. The van der Waals surface area contributed by atoms with Crippen LogP contribution in [0.3, 0.4) is 0 Å². The second-order valence-electron chi connectivity index (χ2n) is 8.74. The first-order chi connectivity index (χ1) is 14.8. The third-order valence-corrected chi connectivity index (χ3v) is 9.05. The molecule has 0 bridgehead atoms. The Morgan fingerprint density at radius 1 is 0.967 bits per heavy atom. The van der Waals surface area contributed by atoms with Crippen LogP contribution in [0.1, 0.15) is 49.3 Å². The lowest BCUT2D eigenvalue weighted by atomic mass is 9.85. The van der Waals surface area contributed by atoms with Crippen molar-refractivity contribution >= 4 is 7.95 Å². The molecular weight excluding hydrogens is 387 g/mol. The number of hydrogen-bond acceptors (Lipinski definition) is 2. The lowest BCUT2D eigenvalue weighted by molar-refractivity contribution is 0.162. The molecule has 30 heavy (non-hydrogen) atoms. The van der Waals surface area contributed by atoms with Crippen molar-refractivity contribution in [2.75, 3.05) is 0 Å². The predicted molar refractivity (Wildman–Crippen MR) is 125 cm³/mol. The summed E-state index contributed by atoms with van der Waals surface area (Å²) in [6.45, 7) is 0.874. The SMILES string of the molecule is O=[PH]1C2=CCC=C[C@@H]2[C@@H](c2ccccc2)N1[C@H]1CCCC[C@@H]1NCc1ccccc1. The molecule has 2 aromatic carbocycles. The molecule has 0 spiro atoms. The van der Waals surface area contributed by atoms with Gasteiger partial charge in [-0.2, -0.15) is 0 Å². The highest BCUT2D eigenvalue weighted by molar-refractivity contribution is 7.47. The maximum atomic E-state index is 13.8. The number of rotatable bonds is 5. The fourth-order valence-corrected chi connectivity index (χ4v) is 7.82. The van der Waals surface area contributed by atoms with Gasteiger partial charge in [0.25, 0.3) is 0 Å². The van der Waals surface area contributed by atoms with Crippen molar-refractivity contribution in [1.82, 2.24) is 9.99 Å². The topological polar surface area (TPSA) is 32.3 Å². The summed E-state index contributed by atoms with van der Waals surface area (Å²) in [7, 11) is -1.95. The van der Waals surface area contributed by atoms with Crippen LogP contribution in [-0.4, -0.2) is 16.8 Å². The van der Waals surface area contributed by atoms with Gasteiger partial charge in [-0.05, 0) is 30.4 Å². The molecule has 3 aliphatic rings. The smallest absolute Gasteiger partial charge is 0.164 e. The van der Waals surface area contributed by atoms with Crippen LogP contribution in [0.25, 0.3) is 0 Å². The molecule has 1 saturated carbocycles. The van der Waals surface area contributed by atoms with E-state index in [4.69, 9.17) is 0 Å². The zero-order valence-electron chi connectivity index (χ0n) is 17.4. The number of benzene rings is 2. The van der Waals surface area contributed by atoms with E-state index in [1.165, 1.54) is 29.3 Å². The average Bonchev–Trinajstić information content (AvgIpc) is 3.11. The minimum Gasteiger partial charge on any atom is -0.308 e. The summed E-state index contributed by atoms with van der Waals surface area (Å²) >= 11 is 0. The fraction of sp³-hybridized carbons (Fsp3) is 0.385. The van der Waals surface area contributed by atoms with Crippen LogP contribution in [0.2, 0.25) is 0 Å². The van der Waals surface area contributed by atoms with Gasteiger partial charge in [0.15, 0.2) is 7.95 Å². The van der Waals surface area contributed by atoms with Crippen molar-refractivity contribution in [2.45, 2.75) is 56.8 Å². The van der Waals surface area contributed by atoms with E-state index < -0.39 is 7.95 Å². The molecule has 2 fully saturated rings. The second kappa shape index (κ2) is 9.06. The summed E-state index contributed by atoms with van der Waals surface area (Å²) < 4.78 is 16.2. The van der Waals surface area contributed by atoms with Gasteiger partial charge in [-0.3, -0.25) is 0 Å². The normalized spacial score (nSPS) is 31.3. The summed E-state index contributed by atoms with van der Waals surface area (Å²) in [5, 5.41) is 5.02. The molecule has 5 atom stereocenters. The van der Waals surface area contributed by atoms with Crippen molar-refractivity contribution in [2.24, 2.45) is 5.92 Å². The molecule has 0 radical (unpaired) electrons. The molecule has 1 aliphatic heterocycles. The Balaban J connectivity index is 1.45. The van der Waals surface area contributed by atoms with Gasteiger partial charge in [-0.25, -0.2) is 4.67 Å². The molecule has 1 saturated heterocycles. The van der Waals surface area contributed by atoms with Gasteiger partial charge in [0, 0.05) is 29.9 Å². The van der Waals surface area contributed by atoms with E-state index in [2.05, 4.69) is 88.9 Å². The molecule has 2 aromatic rings. The van der Waals surface area contributed by atoms with Crippen LogP contribution in [0, 0.1) is 5.92 Å².